The van der Waals surface area contributed by atoms with Crippen LogP contribution in [0.5, 0.6) is 0 Å². The van der Waals surface area contributed by atoms with E-state index < -0.39 is 5.91 Å². The zero-order valence-corrected chi connectivity index (χ0v) is 13.7. The molecule has 1 saturated carbocycles. The fraction of sp³-hybridized carbons (Fsp3) is 0.176. The molecule has 3 aromatic rings. The Bertz CT molecular complexity index is 973. The van der Waals surface area contributed by atoms with Crippen LogP contribution in [0.3, 0.4) is 0 Å². The van der Waals surface area contributed by atoms with Crippen LogP contribution in [0.2, 0.25) is 0 Å². The summed E-state index contributed by atoms with van der Waals surface area (Å²) in [5.74, 6) is -0.250. The average Bonchev–Trinajstić information content (AvgIpc) is 3.28. The number of benzene rings is 2. The van der Waals surface area contributed by atoms with Crippen LogP contribution < -0.4 is 11.1 Å². The summed E-state index contributed by atoms with van der Waals surface area (Å²) in [4.78, 5) is 26.8. The number of nitrogens with one attached hydrogen (secondary N) is 2. The third-order valence-corrected chi connectivity index (χ3v) is 4.85. The highest BCUT2D eigenvalue weighted by Gasteiger charge is 2.29. The molecule has 0 aliphatic heterocycles. The molecule has 23 heavy (non-hydrogen) atoms. The molecule has 0 bridgehead atoms. The molecular formula is C17H14BrN3O2. The van der Waals surface area contributed by atoms with Crippen molar-refractivity contribution in [1.82, 2.24) is 4.98 Å². The van der Waals surface area contributed by atoms with Gasteiger partial charge in [-0.1, -0.05) is 22.0 Å². The van der Waals surface area contributed by atoms with E-state index in [0.29, 0.717) is 11.1 Å². The molecule has 0 saturated heterocycles. The molecular weight excluding hydrogens is 358 g/mol. The van der Waals surface area contributed by atoms with Crippen molar-refractivity contribution in [2.24, 2.45) is 11.7 Å². The third kappa shape index (κ3) is 2.39. The van der Waals surface area contributed by atoms with Gasteiger partial charge in [0.05, 0.1) is 11.1 Å². The quantitative estimate of drug-likeness (QED) is 0.657. The van der Waals surface area contributed by atoms with Crippen molar-refractivity contribution in [2.75, 3.05) is 5.32 Å². The molecule has 2 aromatic carbocycles. The molecule has 1 fully saturated rings. The molecule has 1 aromatic heterocycles. The number of carbonyl (C=O) groups is 2. The monoisotopic (exact) mass is 371 g/mol. The highest BCUT2D eigenvalue weighted by Crippen LogP contribution is 2.35. The molecule has 2 amide bonds. The van der Waals surface area contributed by atoms with Gasteiger partial charge in [-0.15, -0.1) is 0 Å². The average molecular weight is 372 g/mol. The largest absolute Gasteiger partial charge is 0.366 e. The van der Waals surface area contributed by atoms with E-state index in [1.807, 2.05) is 24.3 Å². The summed E-state index contributed by atoms with van der Waals surface area (Å²) >= 11 is 3.52. The maximum absolute atomic E-state index is 11.9. The molecule has 1 heterocycles. The first-order valence-electron chi connectivity index (χ1n) is 7.39. The molecule has 0 atom stereocenters. The zero-order chi connectivity index (χ0) is 16.1. The smallest absolute Gasteiger partial charge is 0.250 e. The molecule has 0 radical (unpaired) electrons. The number of hydrogen-bond acceptors (Lipinski definition) is 2. The number of amides is 2. The second-order valence-corrected chi connectivity index (χ2v) is 6.71. The van der Waals surface area contributed by atoms with Gasteiger partial charge in [0.25, 0.3) is 5.91 Å². The van der Waals surface area contributed by atoms with Gasteiger partial charge >= 0.3 is 0 Å². The van der Waals surface area contributed by atoms with E-state index in [9.17, 15) is 9.59 Å². The number of hydrogen-bond donors (Lipinski definition) is 3. The number of halogens is 1. The van der Waals surface area contributed by atoms with Gasteiger partial charge in [0, 0.05) is 32.4 Å². The van der Waals surface area contributed by atoms with Crippen LogP contribution in [0.15, 0.2) is 34.8 Å². The van der Waals surface area contributed by atoms with Gasteiger partial charge in [-0.25, -0.2) is 0 Å². The van der Waals surface area contributed by atoms with Crippen LogP contribution in [0.4, 0.5) is 5.69 Å². The third-order valence-electron chi connectivity index (χ3n) is 4.18. The number of aromatic nitrogens is 1. The number of rotatable bonds is 3. The summed E-state index contributed by atoms with van der Waals surface area (Å²) < 4.78 is 0.888. The summed E-state index contributed by atoms with van der Waals surface area (Å²) in [7, 11) is 0. The predicted octanol–water partition coefficient (Wildman–Crippen LogP) is 3.53. The zero-order valence-electron chi connectivity index (χ0n) is 12.2. The SMILES string of the molecule is NC(=O)c1ccc(Br)c2c1[nH]c1cc(NC(=O)C3CC3)ccc12. The van der Waals surface area contributed by atoms with Crippen molar-refractivity contribution in [1.29, 1.82) is 0 Å². The van der Waals surface area contributed by atoms with Crippen molar-refractivity contribution < 1.29 is 9.59 Å². The molecule has 6 heteroatoms. The van der Waals surface area contributed by atoms with Crippen molar-refractivity contribution in [3.8, 4) is 0 Å². The van der Waals surface area contributed by atoms with Crippen molar-refractivity contribution in [3.63, 3.8) is 0 Å². The van der Waals surface area contributed by atoms with E-state index in [-0.39, 0.29) is 11.8 Å². The van der Waals surface area contributed by atoms with Crippen molar-refractivity contribution in [2.45, 2.75) is 12.8 Å². The second-order valence-electron chi connectivity index (χ2n) is 5.86. The maximum Gasteiger partial charge on any atom is 0.250 e. The Morgan fingerprint density at radius 3 is 2.70 bits per heavy atom. The fourth-order valence-electron chi connectivity index (χ4n) is 2.84. The lowest BCUT2D eigenvalue weighted by atomic mass is 10.1. The Hall–Kier alpha value is -2.34. The lowest BCUT2D eigenvalue weighted by molar-refractivity contribution is -0.117. The predicted molar refractivity (Wildman–Crippen MR) is 93.4 cm³/mol. The van der Waals surface area contributed by atoms with Crippen LogP contribution in [0.25, 0.3) is 21.8 Å². The van der Waals surface area contributed by atoms with Gasteiger partial charge in [-0.3, -0.25) is 9.59 Å². The highest BCUT2D eigenvalue weighted by atomic mass is 79.9. The number of primary amides is 1. The van der Waals surface area contributed by atoms with E-state index >= 15 is 0 Å². The minimum Gasteiger partial charge on any atom is -0.366 e. The standard InChI is InChI=1S/C17H14BrN3O2/c18-12-6-5-11(16(19)22)15-14(12)10-4-3-9(7-13(10)21-15)20-17(23)8-1-2-8/h3-8,21H,1-2H2,(H2,19,22)(H,20,23). The Kier molecular flexibility index (Phi) is 3.16. The second kappa shape index (κ2) is 5.09. The Balaban J connectivity index is 1.87. The molecule has 0 unspecified atom stereocenters. The number of carbonyl (C=O) groups excluding carboxylic acids is 2. The number of anilines is 1. The molecule has 4 N–H and O–H groups in total. The molecule has 1 aliphatic carbocycles. The molecule has 5 nitrogen and oxygen atoms in total. The summed E-state index contributed by atoms with van der Waals surface area (Å²) in [5, 5.41) is 4.82. The minimum absolute atomic E-state index is 0.0690. The topological polar surface area (TPSA) is 88.0 Å². The Morgan fingerprint density at radius 2 is 2.00 bits per heavy atom. The fourth-order valence-corrected chi connectivity index (χ4v) is 3.39. The van der Waals surface area contributed by atoms with Crippen molar-refractivity contribution in [3.05, 3.63) is 40.4 Å². The summed E-state index contributed by atoms with van der Waals surface area (Å²) in [5.41, 5.74) is 8.20. The lowest BCUT2D eigenvalue weighted by Crippen LogP contribution is -2.12. The van der Waals surface area contributed by atoms with Gasteiger partial charge in [0.1, 0.15) is 0 Å². The van der Waals surface area contributed by atoms with Gasteiger partial charge < -0.3 is 16.0 Å². The van der Waals surface area contributed by atoms with Gasteiger partial charge in [0.15, 0.2) is 0 Å². The Labute approximate surface area is 140 Å². The van der Waals surface area contributed by atoms with Crippen LogP contribution in [-0.4, -0.2) is 16.8 Å². The maximum atomic E-state index is 11.9. The molecule has 0 spiro atoms. The van der Waals surface area contributed by atoms with Gasteiger partial charge in [0.2, 0.25) is 5.91 Å². The number of H-pyrrole nitrogens is 1. The number of nitrogens with two attached hydrogens (primary N) is 1. The summed E-state index contributed by atoms with van der Waals surface area (Å²) in [6.45, 7) is 0. The first kappa shape index (κ1) is 14.3. The molecule has 116 valence electrons. The number of fused-ring (bicyclic) bond motifs is 3. The number of aromatic amines is 1. The van der Waals surface area contributed by atoms with Crippen LogP contribution >= 0.6 is 15.9 Å². The lowest BCUT2D eigenvalue weighted by Gasteiger charge is -2.04. The van der Waals surface area contributed by atoms with Crippen LogP contribution in [0.1, 0.15) is 23.2 Å². The van der Waals surface area contributed by atoms with Gasteiger partial charge in [-0.2, -0.15) is 0 Å². The summed E-state index contributed by atoms with van der Waals surface area (Å²) in [6, 6.07) is 9.21. The first-order valence-corrected chi connectivity index (χ1v) is 8.18. The van der Waals surface area contributed by atoms with E-state index in [4.69, 9.17) is 5.73 Å². The van der Waals surface area contributed by atoms with Gasteiger partial charge in [-0.05, 0) is 37.1 Å². The molecule has 1 aliphatic rings. The Morgan fingerprint density at radius 1 is 1.22 bits per heavy atom. The minimum atomic E-state index is -0.476. The normalized spacial score (nSPS) is 14.3. The first-order chi connectivity index (χ1) is 11.0. The summed E-state index contributed by atoms with van der Waals surface area (Å²) in [6.07, 6.45) is 1.94. The van der Waals surface area contributed by atoms with Crippen LogP contribution in [0, 0.1) is 5.92 Å². The van der Waals surface area contributed by atoms with E-state index in [0.717, 1.165) is 39.3 Å². The molecule has 4 rings (SSSR count). The van der Waals surface area contributed by atoms with E-state index in [1.165, 1.54) is 0 Å². The van der Waals surface area contributed by atoms with E-state index in [2.05, 4.69) is 26.2 Å². The highest BCUT2D eigenvalue weighted by molar-refractivity contribution is 9.10. The van der Waals surface area contributed by atoms with E-state index in [1.54, 1.807) is 6.07 Å². The van der Waals surface area contributed by atoms with Crippen LogP contribution in [-0.2, 0) is 4.79 Å². The van der Waals surface area contributed by atoms with Crippen molar-refractivity contribution >= 4 is 55.2 Å².